The van der Waals surface area contributed by atoms with Crippen molar-refractivity contribution in [1.29, 1.82) is 0 Å². The molecule has 6 heteroatoms. The Balaban J connectivity index is 1.62. The van der Waals surface area contributed by atoms with Crippen molar-refractivity contribution in [2.75, 3.05) is 19.7 Å². The topological polar surface area (TPSA) is 54.0 Å². The largest absolute Gasteiger partial charge is 0.371 e. The normalized spacial score (nSPS) is 19.1. The van der Waals surface area contributed by atoms with E-state index in [0.717, 1.165) is 56.0 Å². The molecule has 1 aliphatic rings. The van der Waals surface area contributed by atoms with E-state index in [1.807, 2.05) is 12.3 Å². The molecule has 0 radical (unpaired) electrons. The minimum Gasteiger partial charge on any atom is -0.371 e. The molecule has 0 amide bonds. The summed E-state index contributed by atoms with van der Waals surface area (Å²) in [7, 11) is 0. The molecule has 3 rings (SSSR count). The average molecular weight is 335 g/mol. The first-order chi connectivity index (χ1) is 11.3. The van der Waals surface area contributed by atoms with Crippen molar-refractivity contribution in [2.24, 2.45) is 0 Å². The predicted molar refractivity (Wildman–Crippen MR) is 90.4 cm³/mol. The number of imidazole rings is 1. The summed E-state index contributed by atoms with van der Waals surface area (Å²) in [6.07, 6.45) is 6.97. The molecule has 5 nitrogen and oxygen atoms in total. The van der Waals surface area contributed by atoms with Gasteiger partial charge in [-0.25, -0.2) is 4.98 Å². The second-order valence-electron chi connectivity index (χ2n) is 5.94. The number of morpholine rings is 1. The first-order valence-corrected chi connectivity index (χ1v) is 8.61. The lowest BCUT2D eigenvalue weighted by Gasteiger charge is -2.32. The van der Waals surface area contributed by atoms with Crippen molar-refractivity contribution < 1.29 is 4.74 Å². The van der Waals surface area contributed by atoms with Crippen LogP contribution in [0.2, 0.25) is 5.15 Å². The summed E-state index contributed by atoms with van der Waals surface area (Å²) in [5, 5.41) is 0.598. The van der Waals surface area contributed by atoms with E-state index in [-0.39, 0.29) is 6.10 Å². The summed E-state index contributed by atoms with van der Waals surface area (Å²) in [4.78, 5) is 14.3. The number of ether oxygens (including phenoxy) is 1. The fourth-order valence-electron chi connectivity index (χ4n) is 2.84. The van der Waals surface area contributed by atoms with Crippen molar-refractivity contribution >= 4 is 11.6 Å². The van der Waals surface area contributed by atoms with Crippen LogP contribution in [0.4, 0.5) is 0 Å². The number of unbranched alkanes of at least 4 members (excludes halogenated alkanes) is 1. The van der Waals surface area contributed by atoms with Gasteiger partial charge in [0.25, 0.3) is 0 Å². The predicted octanol–water partition coefficient (Wildman–Crippen LogP) is 3.37. The third kappa shape index (κ3) is 4.31. The highest BCUT2D eigenvalue weighted by Crippen LogP contribution is 2.24. The van der Waals surface area contributed by atoms with Gasteiger partial charge in [0.05, 0.1) is 18.4 Å². The number of pyridine rings is 1. The van der Waals surface area contributed by atoms with E-state index in [1.165, 1.54) is 0 Å². The number of hydrogen-bond donors (Lipinski definition) is 1. The lowest BCUT2D eigenvalue weighted by Crippen LogP contribution is -2.38. The summed E-state index contributed by atoms with van der Waals surface area (Å²) >= 11 is 6.29. The first-order valence-electron chi connectivity index (χ1n) is 8.23. The fraction of sp³-hybridized carbons (Fsp3) is 0.529. The van der Waals surface area contributed by atoms with Crippen LogP contribution in [-0.4, -0.2) is 39.5 Å². The molecule has 1 fully saturated rings. The fourth-order valence-corrected chi connectivity index (χ4v) is 3.05. The van der Waals surface area contributed by atoms with Crippen molar-refractivity contribution in [3.05, 3.63) is 46.8 Å². The van der Waals surface area contributed by atoms with E-state index in [1.54, 1.807) is 6.20 Å². The number of aromatic nitrogens is 3. The third-order valence-corrected chi connectivity index (χ3v) is 4.45. The molecular weight excluding hydrogens is 312 g/mol. The lowest BCUT2D eigenvalue weighted by atomic mass is 10.1. The summed E-state index contributed by atoms with van der Waals surface area (Å²) in [6.45, 7) is 5.41. The maximum Gasteiger partial charge on any atom is 0.151 e. The Morgan fingerprint density at radius 2 is 2.39 bits per heavy atom. The van der Waals surface area contributed by atoms with Gasteiger partial charge in [0.15, 0.2) is 5.15 Å². The van der Waals surface area contributed by atoms with E-state index >= 15 is 0 Å². The van der Waals surface area contributed by atoms with E-state index in [0.29, 0.717) is 11.8 Å². The molecule has 0 spiro atoms. The number of rotatable bonds is 6. The molecule has 0 unspecified atom stereocenters. The second-order valence-corrected chi connectivity index (χ2v) is 6.30. The molecule has 1 saturated heterocycles. The highest BCUT2D eigenvalue weighted by molar-refractivity contribution is 6.30. The highest BCUT2D eigenvalue weighted by Gasteiger charge is 2.23. The van der Waals surface area contributed by atoms with Crippen LogP contribution in [0.15, 0.2) is 24.5 Å². The minimum atomic E-state index is 0.0682. The molecular formula is C17H23ClN4O. The Bertz CT molecular complexity index is 616. The Labute approximate surface area is 142 Å². The van der Waals surface area contributed by atoms with Crippen LogP contribution in [0.1, 0.15) is 43.0 Å². The monoisotopic (exact) mass is 334 g/mol. The maximum atomic E-state index is 6.29. The minimum absolute atomic E-state index is 0.0682. The van der Waals surface area contributed by atoms with Crippen molar-refractivity contribution in [2.45, 2.75) is 38.8 Å². The molecule has 0 aliphatic carbocycles. The van der Waals surface area contributed by atoms with Crippen molar-refractivity contribution in [3.63, 3.8) is 0 Å². The SMILES string of the molecule is CCCCc1nc(Cl)c(CN2CCO[C@@H](c3cccnc3)C2)[nH]1. The number of hydrogen-bond acceptors (Lipinski definition) is 4. The quantitative estimate of drug-likeness (QED) is 0.880. The molecule has 0 aromatic carbocycles. The van der Waals surface area contributed by atoms with Crippen LogP contribution in [0.5, 0.6) is 0 Å². The van der Waals surface area contributed by atoms with Gasteiger partial charge in [0, 0.05) is 44.0 Å². The second kappa shape index (κ2) is 7.90. The first kappa shape index (κ1) is 16.4. The van der Waals surface area contributed by atoms with Gasteiger partial charge in [-0.3, -0.25) is 9.88 Å². The van der Waals surface area contributed by atoms with Gasteiger partial charge in [-0.05, 0) is 12.5 Å². The van der Waals surface area contributed by atoms with Gasteiger partial charge >= 0.3 is 0 Å². The molecule has 124 valence electrons. The van der Waals surface area contributed by atoms with Crippen LogP contribution in [0.25, 0.3) is 0 Å². The standard InChI is InChI=1S/C17H23ClN4O/c1-2-3-6-16-20-14(17(18)21-16)11-22-8-9-23-15(12-22)13-5-4-7-19-10-13/h4-5,7,10,15H,2-3,6,8-9,11-12H2,1H3,(H,20,21)/t15-/m1/s1. The van der Waals surface area contributed by atoms with Crippen molar-refractivity contribution in [3.8, 4) is 0 Å². The molecule has 0 saturated carbocycles. The molecule has 2 aromatic heterocycles. The molecule has 0 bridgehead atoms. The van der Waals surface area contributed by atoms with Crippen molar-refractivity contribution in [1.82, 2.24) is 19.9 Å². The van der Waals surface area contributed by atoms with Crippen LogP contribution >= 0.6 is 11.6 Å². The summed E-state index contributed by atoms with van der Waals surface area (Å²) in [5.41, 5.74) is 2.13. The molecule has 2 aromatic rings. The smallest absolute Gasteiger partial charge is 0.151 e. The molecule has 3 heterocycles. The maximum absolute atomic E-state index is 6.29. The average Bonchev–Trinajstić information content (AvgIpc) is 2.94. The Kier molecular flexibility index (Phi) is 5.65. The molecule has 1 atom stereocenters. The van der Waals surface area contributed by atoms with Gasteiger partial charge in [-0.2, -0.15) is 0 Å². The Hall–Kier alpha value is -1.43. The Morgan fingerprint density at radius 1 is 1.48 bits per heavy atom. The van der Waals surface area contributed by atoms with E-state index in [2.05, 4.69) is 32.8 Å². The Morgan fingerprint density at radius 3 is 3.17 bits per heavy atom. The molecule has 23 heavy (non-hydrogen) atoms. The zero-order chi connectivity index (χ0) is 16.1. The molecule has 1 N–H and O–H groups in total. The van der Waals surface area contributed by atoms with Crippen LogP contribution < -0.4 is 0 Å². The van der Waals surface area contributed by atoms with E-state index < -0.39 is 0 Å². The number of H-pyrrole nitrogens is 1. The van der Waals surface area contributed by atoms with E-state index in [9.17, 15) is 0 Å². The summed E-state index contributed by atoms with van der Waals surface area (Å²) in [5.74, 6) is 0.990. The van der Waals surface area contributed by atoms with Gasteiger partial charge in [-0.1, -0.05) is 31.0 Å². The summed E-state index contributed by atoms with van der Waals surface area (Å²) in [6, 6.07) is 4.01. The highest BCUT2D eigenvalue weighted by atomic mass is 35.5. The zero-order valence-electron chi connectivity index (χ0n) is 13.5. The lowest BCUT2D eigenvalue weighted by molar-refractivity contribution is -0.0334. The third-order valence-electron chi connectivity index (χ3n) is 4.13. The van der Waals surface area contributed by atoms with Gasteiger partial charge in [-0.15, -0.1) is 0 Å². The van der Waals surface area contributed by atoms with Crippen LogP contribution in [0.3, 0.4) is 0 Å². The van der Waals surface area contributed by atoms with Gasteiger partial charge in [0.1, 0.15) is 5.82 Å². The van der Waals surface area contributed by atoms with Crippen LogP contribution in [-0.2, 0) is 17.7 Å². The number of nitrogens with one attached hydrogen (secondary N) is 1. The van der Waals surface area contributed by atoms with Crippen LogP contribution in [0, 0.1) is 0 Å². The number of halogens is 1. The van der Waals surface area contributed by atoms with E-state index in [4.69, 9.17) is 16.3 Å². The molecule has 1 aliphatic heterocycles. The number of nitrogens with zero attached hydrogens (tertiary/aromatic N) is 3. The number of aryl methyl sites for hydroxylation is 1. The number of aromatic amines is 1. The van der Waals surface area contributed by atoms with Gasteiger partial charge in [0.2, 0.25) is 0 Å². The van der Waals surface area contributed by atoms with Gasteiger partial charge < -0.3 is 9.72 Å². The zero-order valence-corrected chi connectivity index (χ0v) is 14.2. The summed E-state index contributed by atoms with van der Waals surface area (Å²) < 4.78 is 5.88.